The van der Waals surface area contributed by atoms with E-state index in [0.29, 0.717) is 66.5 Å². The topological polar surface area (TPSA) is 86.3 Å². The van der Waals surface area contributed by atoms with Crippen molar-refractivity contribution < 1.29 is 27.1 Å². The number of fused-ring (bicyclic) bond motifs is 1. The molecule has 0 radical (unpaired) electrons. The Hall–Kier alpha value is -2.44. The maximum absolute atomic E-state index is 14.9. The minimum absolute atomic E-state index is 0.227. The molecule has 1 saturated heterocycles. The monoisotopic (exact) mass is 770 g/mol. The number of hydrogen-bond acceptors (Lipinski definition) is 8. The van der Waals surface area contributed by atoms with E-state index in [-0.39, 0.29) is 16.9 Å². The Bertz CT molecular complexity index is 1700. The molecule has 2 aliphatic heterocycles. The first-order valence-electron chi connectivity index (χ1n) is 18.8. The molecule has 1 N–H and O–H groups in total. The zero-order valence-electron chi connectivity index (χ0n) is 32.2. The van der Waals surface area contributed by atoms with E-state index in [2.05, 4.69) is 76.0 Å². The Balaban J connectivity index is 1.63. The first kappa shape index (κ1) is 40.7. The molecule has 1 fully saturated rings. The predicted octanol–water partition coefficient (Wildman–Crippen LogP) is 8.77. The lowest BCUT2D eigenvalue weighted by molar-refractivity contribution is -0.0365. The van der Waals surface area contributed by atoms with E-state index in [1.165, 1.54) is 0 Å². The van der Waals surface area contributed by atoms with Crippen LogP contribution in [0.2, 0.25) is 16.6 Å². The Labute approximate surface area is 318 Å². The third-order valence-corrected chi connectivity index (χ3v) is 19.5. The first-order valence-corrected chi connectivity index (χ1v) is 23.1. The van der Waals surface area contributed by atoms with E-state index in [9.17, 15) is 8.42 Å². The van der Waals surface area contributed by atoms with E-state index in [1.54, 1.807) is 19.2 Å². The summed E-state index contributed by atoms with van der Waals surface area (Å²) in [4.78, 5) is 2.51. The molecule has 5 rings (SSSR count). The van der Waals surface area contributed by atoms with Crippen molar-refractivity contribution in [3.8, 4) is 5.75 Å². The zero-order chi connectivity index (χ0) is 37.6. The van der Waals surface area contributed by atoms with Crippen LogP contribution < -0.4 is 15.0 Å². The smallest absolute Gasteiger partial charge is 0.209 e. The summed E-state index contributed by atoms with van der Waals surface area (Å²) in [5, 5.41) is 3.61. The number of benzene rings is 3. The summed E-state index contributed by atoms with van der Waals surface area (Å²) in [6.45, 7) is 19.4. The molecule has 3 aromatic carbocycles. The van der Waals surface area contributed by atoms with Crippen LogP contribution in [-0.4, -0.2) is 75.4 Å². The van der Waals surface area contributed by atoms with Crippen molar-refractivity contribution in [2.45, 2.75) is 106 Å². The lowest BCUT2D eigenvalue weighted by atomic mass is 9.85. The van der Waals surface area contributed by atoms with E-state index in [1.807, 2.05) is 37.3 Å². The van der Waals surface area contributed by atoms with Crippen LogP contribution in [0.1, 0.15) is 81.6 Å². The molecule has 0 aromatic heterocycles. The molecular formula is C41H59ClN2O6SSi. The average molecular weight is 772 g/mol. The lowest BCUT2D eigenvalue weighted by Crippen LogP contribution is -2.58. The van der Waals surface area contributed by atoms with Gasteiger partial charge in [0.2, 0.25) is 18.2 Å². The van der Waals surface area contributed by atoms with Gasteiger partial charge in [-0.3, -0.25) is 0 Å². The molecule has 0 aliphatic carbocycles. The fourth-order valence-electron chi connectivity index (χ4n) is 8.59. The van der Waals surface area contributed by atoms with Gasteiger partial charge in [0.25, 0.3) is 0 Å². The Morgan fingerprint density at radius 2 is 1.62 bits per heavy atom. The standard InChI is InChI=1S/C41H59ClN2O6SSi/c1-28(2)52(29(3)4,30(5)6)50-38-27-43-26-37(40(38)33-16-14-32(25-42)15-17-33)49-41(51(45,46)39-13-10-9-12-31(39)7)34-18-19-36-35(24-34)44(21-23-48-36)20-11-22-47-8/h9-10,12-19,24,28-30,37-38,40-41,43H,11,20-23,25-27H2,1-8H3/t37-,38+,40+,41?/m0/s1. The van der Waals surface area contributed by atoms with Crippen LogP contribution in [0.4, 0.5) is 5.69 Å². The van der Waals surface area contributed by atoms with E-state index < -0.39 is 29.7 Å². The zero-order valence-corrected chi connectivity index (χ0v) is 34.8. The molecule has 0 amide bonds. The molecule has 0 spiro atoms. The van der Waals surface area contributed by atoms with Gasteiger partial charge < -0.3 is 28.9 Å². The second-order valence-electron chi connectivity index (χ2n) is 15.3. The van der Waals surface area contributed by atoms with Gasteiger partial charge in [0.15, 0.2) is 5.44 Å². The predicted molar refractivity (Wildman–Crippen MR) is 214 cm³/mol. The molecule has 2 aliphatic rings. The molecule has 0 bridgehead atoms. The highest BCUT2D eigenvalue weighted by atomic mass is 35.5. The molecule has 1 unspecified atom stereocenters. The first-order chi connectivity index (χ1) is 24.8. The van der Waals surface area contributed by atoms with Crippen LogP contribution in [0.5, 0.6) is 5.75 Å². The van der Waals surface area contributed by atoms with E-state index >= 15 is 0 Å². The number of halogens is 1. The summed E-state index contributed by atoms with van der Waals surface area (Å²) < 4.78 is 55.9. The van der Waals surface area contributed by atoms with E-state index in [4.69, 9.17) is 30.2 Å². The van der Waals surface area contributed by atoms with Gasteiger partial charge in [0.05, 0.1) is 29.3 Å². The molecule has 8 nitrogen and oxygen atoms in total. The van der Waals surface area contributed by atoms with Crippen LogP contribution >= 0.6 is 11.6 Å². The van der Waals surface area contributed by atoms with Crippen molar-refractivity contribution in [1.82, 2.24) is 5.32 Å². The highest BCUT2D eigenvalue weighted by Gasteiger charge is 2.50. The van der Waals surface area contributed by atoms with E-state index in [0.717, 1.165) is 35.5 Å². The number of hydrogen-bond donors (Lipinski definition) is 1. The number of ether oxygens (including phenoxy) is 3. The number of rotatable bonds is 16. The quantitative estimate of drug-likeness (QED) is 0.0880. The van der Waals surface area contributed by atoms with Crippen molar-refractivity contribution in [2.75, 3.05) is 51.4 Å². The summed E-state index contributed by atoms with van der Waals surface area (Å²) in [7, 11) is -4.67. The third-order valence-electron chi connectivity index (χ3n) is 11.0. The lowest BCUT2D eigenvalue weighted by Gasteiger charge is -2.49. The number of alkyl halides is 1. The molecule has 3 aromatic rings. The van der Waals surface area contributed by atoms with Crippen LogP contribution in [0.15, 0.2) is 71.6 Å². The molecule has 11 heteroatoms. The third kappa shape index (κ3) is 8.59. The van der Waals surface area contributed by atoms with Gasteiger partial charge >= 0.3 is 0 Å². The number of nitrogens with zero attached hydrogens (tertiary/aromatic N) is 1. The van der Waals surface area contributed by atoms with Gasteiger partial charge in [-0.05, 0) is 70.4 Å². The van der Waals surface area contributed by atoms with Gasteiger partial charge in [-0.15, -0.1) is 11.6 Å². The van der Waals surface area contributed by atoms with Crippen molar-refractivity contribution >= 4 is 35.4 Å². The SMILES string of the molecule is COCCCN1CCOc2ccc(C(O[C@H]3CNC[C@@H](O[Si](C(C)C)(C(C)C)C(C)C)[C@@H]3c3ccc(CCl)cc3)S(=O)(=O)c3ccccc3C)cc21. The van der Waals surface area contributed by atoms with Gasteiger partial charge in [0, 0.05) is 45.1 Å². The number of nitrogens with one attached hydrogen (secondary N) is 1. The van der Waals surface area contributed by atoms with Gasteiger partial charge in [-0.1, -0.05) is 90.1 Å². The molecule has 4 atom stereocenters. The second-order valence-corrected chi connectivity index (χ2v) is 22.9. The van der Waals surface area contributed by atoms with Crippen molar-refractivity contribution in [2.24, 2.45) is 0 Å². The molecule has 52 heavy (non-hydrogen) atoms. The van der Waals surface area contributed by atoms with Crippen LogP contribution in [0.25, 0.3) is 0 Å². The van der Waals surface area contributed by atoms with Crippen molar-refractivity contribution in [1.29, 1.82) is 0 Å². The minimum atomic E-state index is -4.04. The maximum atomic E-state index is 14.9. The van der Waals surface area contributed by atoms with Gasteiger partial charge in [-0.2, -0.15) is 0 Å². The molecule has 2 heterocycles. The number of anilines is 1. The van der Waals surface area contributed by atoms with Gasteiger partial charge in [0.1, 0.15) is 12.4 Å². The molecule has 286 valence electrons. The summed E-state index contributed by atoms with van der Waals surface area (Å²) in [6.07, 6.45) is 0.0941. The van der Waals surface area contributed by atoms with Crippen LogP contribution in [-0.2, 0) is 29.6 Å². The van der Waals surface area contributed by atoms with Gasteiger partial charge in [-0.25, -0.2) is 8.42 Å². The normalized spacial score (nSPS) is 20.3. The highest BCUT2D eigenvalue weighted by Crippen LogP contribution is 2.47. The number of methoxy groups -OCH3 is 1. The van der Waals surface area contributed by atoms with Crippen molar-refractivity contribution in [3.63, 3.8) is 0 Å². The number of aryl methyl sites for hydroxylation is 1. The highest BCUT2D eigenvalue weighted by molar-refractivity contribution is 7.91. The average Bonchev–Trinajstić information content (AvgIpc) is 3.12. The summed E-state index contributed by atoms with van der Waals surface area (Å²) in [5.74, 6) is 0.925. The maximum Gasteiger partial charge on any atom is 0.209 e. The van der Waals surface area contributed by atoms with Crippen molar-refractivity contribution in [3.05, 3.63) is 89.0 Å². The summed E-state index contributed by atoms with van der Waals surface area (Å²) in [5.41, 5.74) is 4.06. The Morgan fingerprint density at radius 3 is 2.25 bits per heavy atom. The largest absolute Gasteiger partial charge is 0.490 e. The van der Waals surface area contributed by atoms with Crippen LogP contribution in [0, 0.1) is 6.92 Å². The fourth-order valence-corrected chi connectivity index (χ4v) is 16.1. The fraction of sp³-hybridized carbons (Fsp3) is 0.561. The Kier molecular flexibility index (Phi) is 13.9. The second kappa shape index (κ2) is 17.8. The number of sulfone groups is 1. The molecule has 0 saturated carbocycles. The van der Waals surface area contributed by atoms with Crippen LogP contribution in [0.3, 0.4) is 0 Å². The molecular weight excluding hydrogens is 712 g/mol. The number of piperidine rings is 1. The minimum Gasteiger partial charge on any atom is -0.490 e. The Morgan fingerprint density at radius 1 is 0.942 bits per heavy atom. The summed E-state index contributed by atoms with van der Waals surface area (Å²) >= 11 is 6.23. The summed E-state index contributed by atoms with van der Waals surface area (Å²) in [6, 6.07) is 21.2.